The van der Waals surface area contributed by atoms with E-state index in [0.29, 0.717) is 5.90 Å². The molecule has 6 nitrogen and oxygen atoms in total. The minimum atomic E-state index is -0.265. The van der Waals surface area contributed by atoms with Crippen LogP contribution in [0, 0.1) is 0 Å². The molecule has 1 aliphatic heterocycles. The molecule has 4 rings (SSSR count). The number of hydrogen-bond donors (Lipinski definition) is 1. The summed E-state index contributed by atoms with van der Waals surface area (Å²) < 4.78 is 7.38. The second-order valence-corrected chi connectivity index (χ2v) is 4.84. The Morgan fingerprint density at radius 2 is 1.91 bits per heavy atom. The van der Waals surface area contributed by atoms with E-state index in [-0.39, 0.29) is 12.5 Å². The Balaban J connectivity index is 1.97. The molecule has 0 fully saturated rings. The summed E-state index contributed by atoms with van der Waals surface area (Å²) in [6.07, 6.45) is 1.90. The number of ether oxygens (including phenoxy) is 1. The summed E-state index contributed by atoms with van der Waals surface area (Å²) >= 11 is 0. The highest BCUT2D eigenvalue weighted by molar-refractivity contribution is 6.02. The lowest BCUT2D eigenvalue weighted by atomic mass is 10.1. The van der Waals surface area contributed by atoms with Gasteiger partial charge in [0.25, 0.3) is 11.8 Å². The molecule has 1 amide bonds. The van der Waals surface area contributed by atoms with Gasteiger partial charge in [0.2, 0.25) is 0 Å². The van der Waals surface area contributed by atoms with Crippen LogP contribution in [0.1, 0.15) is 5.69 Å². The molecule has 0 bridgehead atoms. The number of nitrogens with zero attached hydrogens (tertiary/aromatic N) is 3. The number of fused-ring (bicyclic) bond motifs is 1. The molecule has 3 aromatic rings. The maximum atomic E-state index is 11.2. The summed E-state index contributed by atoms with van der Waals surface area (Å²) in [6.45, 7) is -0.0485. The number of nitrogens with one attached hydrogen (secondary N) is 1. The van der Waals surface area contributed by atoms with Crippen LogP contribution < -0.4 is 5.43 Å². The highest BCUT2D eigenvalue weighted by Gasteiger charge is 2.23. The lowest BCUT2D eigenvalue weighted by molar-refractivity contribution is -0.124. The fraction of sp³-hybridized carbons (Fsp3) is 0.0625. The first-order valence-corrected chi connectivity index (χ1v) is 6.85. The number of aromatic nitrogens is 2. The molecule has 1 aliphatic rings. The van der Waals surface area contributed by atoms with Gasteiger partial charge in [-0.25, -0.2) is 10.4 Å². The average molecular weight is 292 g/mol. The molecule has 0 unspecified atom stereocenters. The van der Waals surface area contributed by atoms with Gasteiger partial charge in [-0.1, -0.05) is 36.4 Å². The number of pyridine rings is 1. The predicted molar refractivity (Wildman–Crippen MR) is 81.3 cm³/mol. The number of amides is 1. The molecular formula is C16H12N4O2. The van der Waals surface area contributed by atoms with Crippen molar-refractivity contribution in [1.82, 2.24) is 14.8 Å². The van der Waals surface area contributed by atoms with Crippen molar-refractivity contribution in [3.8, 4) is 11.3 Å². The molecule has 2 aromatic heterocycles. The zero-order valence-corrected chi connectivity index (χ0v) is 11.6. The Bertz CT molecular complexity index is 884. The van der Waals surface area contributed by atoms with E-state index < -0.39 is 0 Å². The second-order valence-electron chi connectivity index (χ2n) is 4.84. The Hall–Kier alpha value is -3.15. The van der Waals surface area contributed by atoms with Crippen molar-refractivity contribution in [2.24, 2.45) is 5.10 Å². The molecule has 0 radical (unpaired) electrons. The highest BCUT2D eigenvalue weighted by Crippen LogP contribution is 2.25. The molecule has 0 aliphatic carbocycles. The molecule has 0 saturated carbocycles. The smallest absolute Gasteiger partial charge is 0.278 e. The second kappa shape index (κ2) is 5.00. The van der Waals surface area contributed by atoms with Gasteiger partial charge in [0.1, 0.15) is 17.0 Å². The monoisotopic (exact) mass is 292 g/mol. The molecule has 1 N–H and O–H groups in total. The molecule has 1 aromatic carbocycles. The number of hydrazone groups is 1. The van der Waals surface area contributed by atoms with Crippen molar-refractivity contribution in [2.75, 3.05) is 6.61 Å². The minimum Gasteiger partial charge on any atom is -0.465 e. The average Bonchev–Trinajstić information content (AvgIpc) is 2.96. The quantitative estimate of drug-likeness (QED) is 0.783. The molecule has 0 saturated heterocycles. The zero-order valence-electron chi connectivity index (χ0n) is 11.6. The van der Waals surface area contributed by atoms with E-state index in [4.69, 9.17) is 4.74 Å². The molecule has 22 heavy (non-hydrogen) atoms. The van der Waals surface area contributed by atoms with Gasteiger partial charge in [-0.2, -0.15) is 0 Å². The summed E-state index contributed by atoms with van der Waals surface area (Å²) in [4.78, 5) is 15.9. The van der Waals surface area contributed by atoms with Crippen LogP contribution in [0.5, 0.6) is 0 Å². The van der Waals surface area contributed by atoms with Gasteiger partial charge in [0.15, 0.2) is 6.61 Å². The normalized spacial score (nSPS) is 14.4. The Morgan fingerprint density at radius 3 is 2.68 bits per heavy atom. The van der Waals surface area contributed by atoms with E-state index in [9.17, 15) is 4.79 Å². The summed E-state index contributed by atoms with van der Waals surface area (Å²) in [5.74, 6) is 0.0935. The van der Waals surface area contributed by atoms with Crippen LogP contribution in [0.3, 0.4) is 0 Å². The lowest BCUT2D eigenvalue weighted by Crippen LogP contribution is -2.32. The van der Waals surface area contributed by atoms with E-state index in [1.54, 1.807) is 0 Å². The SMILES string of the molecule is O=C1COC(c2c(-c3ccccc3)nc3ccccn23)=NN1. The predicted octanol–water partition coefficient (Wildman–Crippen LogP) is 1.81. The van der Waals surface area contributed by atoms with Gasteiger partial charge in [-0.05, 0) is 12.1 Å². The topological polar surface area (TPSA) is 68.0 Å². The minimum absolute atomic E-state index is 0.0485. The standard InChI is InChI=1S/C16H12N4O2/c21-13-10-22-16(19-18-13)15-14(11-6-2-1-3-7-11)17-12-8-4-5-9-20(12)15/h1-9H,10H2,(H,18,21). The number of carbonyl (C=O) groups is 1. The fourth-order valence-corrected chi connectivity index (χ4v) is 2.43. The summed E-state index contributed by atoms with van der Waals surface area (Å²) in [5.41, 5.74) is 5.69. The summed E-state index contributed by atoms with van der Waals surface area (Å²) in [5, 5.41) is 4.02. The lowest BCUT2D eigenvalue weighted by Gasteiger charge is -2.14. The van der Waals surface area contributed by atoms with Crippen molar-refractivity contribution in [3.63, 3.8) is 0 Å². The van der Waals surface area contributed by atoms with Gasteiger partial charge < -0.3 is 4.74 Å². The van der Waals surface area contributed by atoms with Crippen molar-refractivity contribution < 1.29 is 9.53 Å². The number of rotatable bonds is 2. The van der Waals surface area contributed by atoms with Crippen LogP contribution in [0.25, 0.3) is 16.9 Å². The molecular weight excluding hydrogens is 280 g/mol. The number of imidazole rings is 1. The van der Waals surface area contributed by atoms with E-state index in [1.165, 1.54) is 0 Å². The van der Waals surface area contributed by atoms with Crippen LogP contribution in [0.4, 0.5) is 0 Å². The number of carbonyl (C=O) groups excluding carboxylic acids is 1. The number of hydrogen-bond acceptors (Lipinski definition) is 4. The van der Waals surface area contributed by atoms with E-state index in [1.807, 2.05) is 59.1 Å². The Morgan fingerprint density at radius 1 is 1.09 bits per heavy atom. The van der Waals surface area contributed by atoms with Crippen molar-refractivity contribution >= 4 is 17.5 Å². The summed E-state index contributed by atoms with van der Waals surface area (Å²) in [6, 6.07) is 15.6. The molecule has 3 heterocycles. The van der Waals surface area contributed by atoms with Gasteiger partial charge in [-0.15, -0.1) is 5.10 Å². The maximum Gasteiger partial charge on any atom is 0.278 e. The first-order chi connectivity index (χ1) is 10.8. The molecule has 108 valence electrons. The third kappa shape index (κ3) is 2.01. The van der Waals surface area contributed by atoms with Crippen LogP contribution >= 0.6 is 0 Å². The first-order valence-electron chi connectivity index (χ1n) is 6.85. The number of benzene rings is 1. The zero-order chi connectivity index (χ0) is 14.9. The van der Waals surface area contributed by atoms with Crippen LogP contribution in [0.2, 0.25) is 0 Å². The van der Waals surface area contributed by atoms with Gasteiger partial charge in [0.05, 0.1) is 0 Å². The third-order valence-electron chi connectivity index (χ3n) is 3.40. The van der Waals surface area contributed by atoms with E-state index >= 15 is 0 Å². The maximum absolute atomic E-state index is 11.2. The molecule has 0 atom stereocenters. The van der Waals surface area contributed by atoms with E-state index in [0.717, 1.165) is 22.6 Å². The third-order valence-corrected chi connectivity index (χ3v) is 3.40. The van der Waals surface area contributed by atoms with Crippen molar-refractivity contribution in [3.05, 3.63) is 60.4 Å². The van der Waals surface area contributed by atoms with Crippen LogP contribution in [0.15, 0.2) is 59.8 Å². The Labute approximate surface area is 126 Å². The van der Waals surface area contributed by atoms with Crippen molar-refractivity contribution in [2.45, 2.75) is 0 Å². The first kappa shape index (κ1) is 12.6. The largest absolute Gasteiger partial charge is 0.465 e. The fourth-order valence-electron chi connectivity index (χ4n) is 2.43. The van der Waals surface area contributed by atoms with Crippen LogP contribution in [-0.2, 0) is 9.53 Å². The van der Waals surface area contributed by atoms with Gasteiger partial charge in [-0.3, -0.25) is 9.20 Å². The van der Waals surface area contributed by atoms with Crippen molar-refractivity contribution in [1.29, 1.82) is 0 Å². The molecule has 6 heteroatoms. The molecule has 0 spiro atoms. The van der Waals surface area contributed by atoms with E-state index in [2.05, 4.69) is 15.5 Å². The Kier molecular flexibility index (Phi) is 2.86. The van der Waals surface area contributed by atoms with Gasteiger partial charge in [0, 0.05) is 11.8 Å². The van der Waals surface area contributed by atoms with Gasteiger partial charge >= 0.3 is 0 Å². The summed E-state index contributed by atoms with van der Waals surface area (Å²) in [7, 11) is 0. The highest BCUT2D eigenvalue weighted by atomic mass is 16.5. The van der Waals surface area contributed by atoms with Crippen LogP contribution in [-0.4, -0.2) is 27.8 Å².